The molecule has 2 heterocycles. The lowest BCUT2D eigenvalue weighted by atomic mass is 9.89. The van der Waals surface area contributed by atoms with Crippen LogP contribution in [0.15, 0.2) is 24.4 Å². The summed E-state index contributed by atoms with van der Waals surface area (Å²) in [5, 5.41) is 0. The fourth-order valence-corrected chi connectivity index (χ4v) is 3.97. The summed E-state index contributed by atoms with van der Waals surface area (Å²) in [6.07, 6.45) is 5.62. The molecule has 4 nitrogen and oxygen atoms in total. The second kappa shape index (κ2) is 6.14. The molecule has 1 aliphatic heterocycles. The number of likely N-dealkylation sites (N-methyl/N-ethyl adjacent to an activating group) is 1. The molecule has 1 amide bonds. The lowest BCUT2D eigenvalue weighted by Crippen LogP contribution is -2.36. The van der Waals surface area contributed by atoms with E-state index in [0.717, 1.165) is 37.3 Å². The number of carbonyl (C=O) groups is 1. The molecule has 2 fully saturated rings. The van der Waals surface area contributed by atoms with Crippen LogP contribution in [0.25, 0.3) is 0 Å². The predicted molar refractivity (Wildman–Crippen MR) is 82.8 cm³/mol. The van der Waals surface area contributed by atoms with Gasteiger partial charge in [-0.15, -0.1) is 0 Å². The SMILES string of the molecule is CN(C)C(=O)CN1C[C@H]2CC[C@H](Cc3ccccn3)[C@H]2C1. The minimum Gasteiger partial charge on any atom is -0.348 e. The Bertz CT molecular complexity index is 488. The Morgan fingerprint density at radius 1 is 1.33 bits per heavy atom. The average Bonchev–Trinajstić information content (AvgIpc) is 3.01. The van der Waals surface area contributed by atoms with Crippen molar-refractivity contribution in [2.24, 2.45) is 17.8 Å². The molecule has 1 aromatic rings. The van der Waals surface area contributed by atoms with Crippen molar-refractivity contribution in [3.05, 3.63) is 30.1 Å². The minimum absolute atomic E-state index is 0.219. The number of hydrogen-bond donors (Lipinski definition) is 0. The van der Waals surface area contributed by atoms with E-state index in [1.807, 2.05) is 26.4 Å². The highest BCUT2D eigenvalue weighted by Crippen LogP contribution is 2.43. The number of fused-ring (bicyclic) bond motifs is 1. The quantitative estimate of drug-likeness (QED) is 0.845. The minimum atomic E-state index is 0.219. The maximum atomic E-state index is 11.9. The summed E-state index contributed by atoms with van der Waals surface area (Å²) < 4.78 is 0. The van der Waals surface area contributed by atoms with Crippen molar-refractivity contribution >= 4 is 5.91 Å². The molecule has 0 radical (unpaired) electrons. The lowest BCUT2D eigenvalue weighted by Gasteiger charge is -2.21. The number of rotatable bonds is 4. The second-order valence-electron chi connectivity index (χ2n) is 6.77. The van der Waals surface area contributed by atoms with Gasteiger partial charge >= 0.3 is 0 Å². The van der Waals surface area contributed by atoms with Gasteiger partial charge in [0.2, 0.25) is 5.91 Å². The molecule has 1 aromatic heterocycles. The number of hydrogen-bond acceptors (Lipinski definition) is 3. The average molecular weight is 287 g/mol. The third-order valence-corrected chi connectivity index (χ3v) is 5.14. The third kappa shape index (κ3) is 3.26. The molecule has 1 saturated carbocycles. The fourth-order valence-electron chi connectivity index (χ4n) is 3.97. The summed E-state index contributed by atoms with van der Waals surface area (Å²) in [6.45, 7) is 2.76. The maximum Gasteiger partial charge on any atom is 0.236 e. The van der Waals surface area contributed by atoms with E-state index in [0.29, 0.717) is 6.54 Å². The number of pyridine rings is 1. The van der Waals surface area contributed by atoms with Crippen LogP contribution in [0.4, 0.5) is 0 Å². The largest absolute Gasteiger partial charge is 0.348 e. The Morgan fingerprint density at radius 3 is 2.90 bits per heavy atom. The van der Waals surface area contributed by atoms with Crippen LogP contribution < -0.4 is 0 Å². The Morgan fingerprint density at radius 2 is 2.19 bits per heavy atom. The van der Waals surface area contributed by atoms with E-state index in [2.05, 4.69) is 22.0 Å². The van der Waals surface area contributed by atoms with Gasteiger partial charge in [0.15, 0.2) is 0 Å². The van der Waals surface area contributed by atoms with Gasteiger partial charge < -0.3 is 4.90 Å². The van der Waals surface area contributed by atoms with Crippen molar-refractivity contribution in [2.75, 3.05) is 33.7 Å². The zero-order valence-electron chi connectivity index (χ0n) is 13.0. The van der Waals surface area contributed by atoms with Crippen molar-refractivity contribution in [3.8, 4) is 0 Å². The van der Waals surface area contributed by atoms with Crippen LogP contribution in [0.2, 0.25) is 0 Å². The first-order valence-electron chi connectivity index (χ1n) is 7.96. The zero-order valence-corrected chi connectivity index (χ0v) is 13.0. The van der Waals surface area contributed by atoms with Crippen LogP contribution >= 0.6 is 0 Å². The normalized spacial score (nSPS) is 28.6. The molecule has 0 spiro atoms. The fraction of sp³-hybridized carbons (Fsp3) is 0.647. The van der Waals surface area contributed by atoms with Crippen LogP contribution in [-0.4, -0.2) is 54.4 Å². The highest BCUT2D eigenvalue weighted by molar-refractivity contribution is 5.77. The number of likely N-dealkylation sites (tertiary alicyclic amines) is 1. The molecule has 1 aliphatic carbocycles. The van der Waals surface area contributed by atoms with Gasteiger partial charge in [-0.25, -0.2) is 0 Å². The first-order valence-corrected chi connectivity index (χ1v) is 7.96. The van der Waals surface area contributed by atoms with E-state index >= 15 is 0 Å². The maximum absolute atomic E-state index is 11.9. The summed E-state index contributed by atoms with van der Waals surface area (Å²) in [4.78, 5) is 20.4. The smallest absolute Gasteiger partial charge is 0.236 e. The summed E-state index contributed by atoms with van der Waals surface area (Å²) in [6, 6.07) is 6.19. The molecule has 3 atom stereocenters. The number of aromatic nitrogens is 1. The van der Waals surface area contributed by atoms with Gasteiger partial charge in [0.25, 0.3) is 0 Å². The van der Waals surface area contributed by atoms with Crippen molar-refractivity contribution in [1.82, 2.24) is 14.8 Å². The van der Waals surface area contributed by atoms with Crippen LogP contribution in [0.5, 0.6) is 0 Å². The van der Waals surface area contributed by atoms with E-state index in [4.69, 9.17) is 0 Å². The van der Waals surface area contributed by atoms with Crippen molar-refractivity contribution in [2.45, 2.75) is 19.3 Å². The highest BCUT2D eigenvalue weighted by atomic mass is 16.2. The topological polar surface area (TPSA) is 36.4 Å². The zero-order chi connectivity index (χ0) is 14.8. The first kappa shape index (κ1) is 14.5. The molecule has 2 aliphatic rings. The van der Waals surface area contributed by atoms with Gasteiger partial charge in [0, 0.05) is 39.1 Å². The van der Waals surface area contributed by atoms with Gasteiger partial charge in [0.1, 0.15) is 0 Å². The number of nitrogens with zero attached hydrogens (tertiary/aromatic N) is 3. The molecule has 1 saturated heterocycles. The van der Waals surface area contributed by atoms with Gasteiger partial charge in [0.05, 0.1) is 6.54 Å². The molecule has 0 aromatic carbocycles. The van der Waals surface area contributed by atoms with Crippen LogP contribution in [-0.2, 0) is 11.2 Å². The lowest BCUT2D eigenvalue weighted by molar-refractivity contribution is -0.129. The third-order valence-electron chi connectivity index (χ3n) is 5.14. The van der Waals surface area contributed by atoms with E-state index in [9.17, 15) is 4.79 Å². The summed E-state index contributed by atoms with van der Waals surface area (Å²) in [5.41, 5.74) is 1.21. The molecule has 4 heteroatoms. The van der Waals surface area contributed by atoms with E-state index in [1.54, 1.807) is 4.90 Å². The Hall–Kier alpha value is -1.42. The summed E-state index contributed by atoms with van der Waals surface area (Å²) in [5.74, 6) is 2.50. The molecule has 0 bridgehead atoms. The van der Waals surface area contributed by atoms with Crippen LogP contribution in [0, 0.1) is 17.8 Å². The van der Waals surface area contributed by atoms with Gasteiger partial charge in [-0.2, -0.15) is 0 Å². The summed E-state index contributed by atoms with van der Waals surface area (Å²) in [7, 11) is 3.67. The predicted octanol–water partition coefficient (Wildman–Crippen LogP) is 1.67. The molecule has 21 heavy (non-hydrogen) atoms. The first-order chi connectivity index (χ1) is 10.1. The van der Waals surface area contributed by atoms with Gasteiger partial charge in [-0.3, -0.25) is 14.7 Å². The highest BCUT2D eigenvalue weighted by Gasteiger charge is 2.42. The van der Waals surface area contributed by atoms with Crippen LogP contribution in [0.3, 0.4) is 0 Å². The number of carbonyl (C=O) groups excluding carboxylic acids is 1. The molecule has 0 N–H and O–H groups in total. The molecular formula is C17H25N3O. The standard InChI is InChI=1S/C17H25N3O/c1-19(2)17(21)12-20-10-14-7-6-13(16(14)11-20)9-15-5-3-4-8-18-15/h3-5,8,13-14,16H,6-7,9-12H2,1-2H3/t13-,14-,16-/m1/s1. The molecular weight excluding hydrogens is 262 g/mol. The van der Waals surface area contributed by atoms with Crippen LogP contribution in [0.1, 0.15) is 18.5 Å². The Balaban J connectivity index is 1.58. The molecule has 3 rings (SSSR count). The Kier molecular flexibility index (Phi) is 4.24. The van der Waals surface area contributed by atoms with Crippen molar-refractivity contribution < 1.29 is 4.79 Å². The molecule has 114 valence electrons. The second-order valence-corrected chi connectivity index (χ2v) is 6.77. The monoisotopic (exact) mass is 287 g/mol. The van der Waals surface area contributed by atoms with Crippen molar-refractivity contribution in [1.29, 1.82) is 0 Å². The van der Waals surface area contributed by atoms with E-state index in [-0.39, 0.29) is 5.91 Å². The number of amides is 1. The Labute approximate surface area is 127 Å². The van der Waals surface area contributed by atoms with Gasteiger partial charge in [-0.1, -0.05) is 6.07 Å². The van der Waals surface area contributed by atoms with Gasteiger partial charge in [-0.05, 0) is 49.1 Å². The van der Waals surface area contributed by atoms with E-state index in [1.165, 1.54) is 18.5 Å². The summed E-state index contributed by atoms with van der Waals surface area (Å²) >= 11 is 0. The van der Waals surface area contributed by atoms with Crippen molar-refractivity contribution in [3.63, 3.8) is 0 Å². The molecule has 0 unspecified atom stereocenters. The van der Waals surface area contributed by atoms with E-state index < -0.39 is 0 Å².